The number of nitrogens with zero attached hydrogens (tertiary/aromatic N) is 3. The molecular formula is C20H27N3O2. The highest BCUT2D eigenvalue weighted by molar-refractivity contribution is 5.94. The van der Waals surface area contributed by atoms with Gasteiger partial charge in [-0.3, -0.25) is 9.69 Å². The molecule has 0 bridgehead atoms. The SMILES string of the molecule is CC1CCC(C(=O)N(c2ccn(-c3ccc(O)cc3)n2)C(C)C)CC1. The van der Waals surface area contributed by atoms with Gasteiger partial charge in [0, 0.05) is 24.2 Å². The van der Waals surface area contributed by atoms with Crippen LogP contribution in [0.3, 0.4) is 0 Å². The fourth-order valence-electron chi connectivity index (χ4n) is 3.53. The van der Waals surface area contributed by atoms with Gasteiger partial charge in [0.2, 0.25) is 5.91 Å². The number of rotatable bonds is 4. The Morgan fingerprint density at radius 3 is 2.40 bits per heavy atom. The van der Waals surface area contributed by atoms with Gasteiger partial charge in [-0.2, -0.15) is 0 Å². The van der Waals surface area contributed by atoms with Crippen molar-refractivity contribution in [2.75, 3.05) is 4.90 Å². The Balaban J connectivity index is 1.81. The molecule has 5 heteroatoms. The first-order chi connectivity index (χ1) is 12.0. The average Bonchev–Trinajstić information content (AvgIpc) is 3.05. The molecule has 1 aliphatic rings. The lowest BCUT2D eigenvalue weighted by atomic mass is 9.82. The fraction of sp³-hybridized carbons (Fsp3) is 0.500. The minimum atomic E-state index is 0.0648. The van der Waals surface area contributed by atoms with E-state index >= 15 is 0 Å². The van der Waals surface area contributed by atoms with E-state index < -0.39 is 0 Å². The normalized spacial score (nSPS) is 20.6. The summed E-state index contributed by atoms with van der Waals surface area (Å²) in [5, 5.41) is 14.0. The topological polar surface area (TPSA) is 58.4 Å². The third kappa shape index (κ3) is 3.86. The average molecular weight is 341 g/mol. The number of amides is 1. The summed E-state index contributed by atoms with van der Waals surface area (Å²) in [5.41, 5.74) is 0.853. The van der Waals surface area contributed by atoms with Crippen molar-refractivity contribution in [2.45, 2.75) is 52.5 Å². The predicted molar refractivity (Wildman–Crippen MR) is 99.0 cm³/mol. The van der Waals surface area contributed by atoms with Crippen LogP contribution in [0.4, 0.5) is 5.82 Å². The lowest BCUT2D eigenvalue weighted by molar-refractivity contribution is -0.123. The van der Waals surface area contributed by atoms with E-state index in [9.17, 15) is 9.90 Å². The monoisotopic (exact) mass is 341 g/mol. The van der Waals surface area contributed by atoms with Crippen molar-refractivity contribution in [1.29, 1.82) is 0 Å². The Hall–Kier alpha value is -2.30. The van der Waals surface area contributed by atoms with Crippen molar-refractivity contribution in [3.05, 3.63) is 36.5 Å². The van der Waals surface area contributed by atoms with Gasteiger partial charge in [0.25, 0.3) is 0 Å². The van der Waals surface area contributed by atoms with E-state index in [0.717, 1.165) is 37.3 Å². The van der Waals surface area contributed by atoms with Crippen LogP contribution < -0.4 is 4.90 Å². The van der Waals surface area contributed by atoms with Gasteiger partial charge in [0.05, 0.1) is 5.69 Å². The molecule has 3 rings (SSSR count). The van der Waals surface area contributed by atoms with Gasteiger partial charge in [-0.1, -0.05) is 6.92 Å². The van der Waals surface area contributed by atoms with Crippen LogP contribution in [0.5, 0.6) is 5.75 Å². The highest BCUT2D eigenvalue weighted by atomic mass is 16.3. The van der Waals surface area contributed by atoms with E-state index in [4.69, 9.17) is 0 Å². The second-order valence-corrected chi connectivity index (χ2v) is 7.39. The second-order valence-electron chi connectivity index (χ2n) is 7.39. The third-order valence-corrected chi connectivity index (χ3v) is 5.05. The standard InChI is InChI=1S/C20H27N3O2/c1-14(2)23(20(25)16-6-4-15(3)5-7-16)19-12-13-22(21-19)17-8-10-18(24)11-9-17/h8-16,24H,4-7H2,1-3H3. The minimum absolute atomic E-state index is 0.0648. The Morgan fingerprint density at radius 2 is 1.80 bits per heavy atom. The molecule has 1 N–H and O–H groups in total. The van der Waals surface area contributed by atoms with Crippen LogP contribution >= 0.6 is 0 Å². The zero-order chi connectivity index (χ0) is 18.0. The third-order valence-electron chi connectivity index (χ3n) is 5.05. The van der Waals surface area contributed by atoms with E-state index in [1.54, 1.807) is 28.9 Å². The molecule has 1 aromatic heterocycles. The molecule has 25 heavy (non-hydrogen) atoms. The van der Waals surface area contributed by atoms with Gasteiger partial charge in [-0.05, 0) is 69.7 Å². The van der Waals surface area contributed by atoms with Gasteiger partial charge in [-0.25, -0.2) is 4.68 Å². The second kappa shape index (κ2) is 7.30. The number of hydrogen-bond donors (Lipinski definition) is 1. The number of phenols is 1. The van der Waals surface area contributed by atoms with Crippen LogP contribution in [-0.2, 0) is 4.79 Å². The van der Waals surface area contributed by atoms with Gasteiger partial charge < -0.3 is 5.11 Å². The molecule has 0 spiro atoms. The maximum atomic E-state index is 13.1. The summed E-state index contributed by atoms with van der Waals surface area (Å²) in [6.07, 6.45) is 6.06. The van der Waals surface area contributed by atoms with E-state index in [2.05, 4.69) is 12.0 Å². The van der Waals surface area contributed by atoms with Crippen LogP contribution in [-0.4, -0.2) is 26.8 Å². The minimum Gasteiger partial charge on any atom is -0.508 e. The van der Waals surface area contributed by atoms with Crippen molar-refractivity contribution >= 4 is 11.7 Å². The highest BCUT2D eigenvalue weighted by Crippen LogP contribution is 2.31. The van der Waals surface area contributed by atoms with Crippen LogP contribution in [0.2, 0.25) is 0 Å². The Kier molecular flexibility index (Phi) is 5.11. The molecule has 1 aromatic carbocycles. The molecule has 0 radical (unpaired) electrons. The first-order valence-corrected chi connectivity index (χ1v) is 9.14. The van der Waals surface area contributed by atoms with Gasteiger partial charge >= 0.3 is 0 Å². The molecule has 0 saturated heterocycles. The Labute approximate surface area is 149 Å². The summed E-state index contributed by atoms with van der Waals surface area (Å²) in [6, 6.07) is 8.81. The Morgan fingerprint density at radius 1 is 1.16 bits per heavy atom. The van der Waals surface area contributed by atoms with Gasteiger partial charge in [0.1, 0.15) is 5.75 Å². The Bertz CT molecular complexity index is 713. The lowest BCUT2D eigenvalue weighted by Gasteiger charge is -2.32. The quantitative estimate of drug-likeness (QED) is 0.909. The molecule has 1 saturated carbocycles. The molecule has 0 unspecified atom stereocenters. The van der Waals surface area contributed by atoms with E-state index in [1.807, 2.05) is 31.0 Å². The zero-order valence-electron chi connectivity index (χ0n) is 15.2. The first kappa shape index (κ1) is 17.5. The number of aromatic hydroxyl groups is 1. The molecule has 1 aliphatic carbocycles. The molecule has 1 fully saturated rings. The molecule has 5 nitrogen and oxygen atoms in total. The predicted octanol–water partition coefficient (Wildman–Crippen LogP) is 4.15. The first-order valence-electron chi connectivity index (χ1n) is 9.14. The molecule has 1 heterocycles. The molecular weight excluding hydrogens is 314 g/mol. The maximum Gasteiger partial charge on any atom is 0.231 e. The maximum absolute atomic E-state index is 13.1. The van der Waals surface area contributed by atoms with Crippen molar-refractivity contribution in [3.8, 4) is 11.4 Å². The van der Waals surface area contributed by atoms with Crippen molar-refractivity contribution in [3.63, 3.8) is 0 Å². The molecule has 0 atom stereocenters. The fourth-order valence-corrected chi connectivity index (χ4v) is 3.53. The van der Waals surface area contributed by atoms with Crippen molar-refractivity contribution in [1.82, 2.24) is 9.78 Å². The summed E-state index contributed by atoms with van der Waals surface area (Å²) in [6.45, 7) is 6.33. The number of anilines is 1. The number of carbonyl (C=O) groups is 1. The van der Waals surface area contributed by atoms with Crippen molar-refractivity contribution in [2.24, 2.45) is 11.8 Å². The largest absolute Gasteiger partial charge is 0.508 e. The van der Waals surface area contributed by atoms with Crippen LogP contribution in [0.1, 0.15) is 46.5 Å². The zero-order valence-corrected chi connectivity index (χ0v) is 15.2. The van der Waals surface area contributed by atoms with Gasteiger partial charge in [0.15, 0.2) is 5.82 Å². The molecule has 2 aromatic rings. The van der Waals surface area contributed by atoms with Crippen LogP contribution in [0.25, 0.3) is 5.69 Å². The van der Waals surface area contributed by atoms with E-state index in [0.29, 0.717) is 5.82 Å². The highest BCUT2D eigenvalue weighted by Gasteiger charge is 2.31. The summed E-state index contributed by atoms with van der Waals surface area (Å²) < 4.78 is 1.74. The van der Waals surface area contributed by atoms with E-state index in [1.165, 1.54) is 0 Å². The molecule has 0 aliphatic heterocycles. The summed E-state index contributed by atoms with van der Waals surface area (Å²) >= 11 is 0. The summed E-state index contributed by atoms with van der Waals surface area (Å²) in [5.74, 6) is 1.94. The number of hydrogen-bond acceptors (Lipinski definition) is 3. The van der Waals surface area contributed by atoms with E-state index in [-0.39, 0.29) is 23.6 Å². The van der Waals surface area contributed by atoms with Crippen LogP contribution in [0, 0.1) is 11.8 Å². The van der Waals surface area contributed by atoms with Crippen LogP contribution in [0.15, 0.2) is 36.5 Å². The smallest absolute Gasteiger partial charge is 0.231 e. The summed E-state index contributed by atoms with van der Waals surface area (Å²) in [7, 11) is 0. The lowest BCUT2D eigenvalue weighted by Crippen LogP contribution is -2.42. The van der Waals surface area contributed by atoms with Gasteiger partial charge in [-0.15, -0.1) is 5.10 Å². The van der Waals surface area contributed by atoms with Crippen molar-refractivity contribution < 1.29 is 9.90 Å². The molecule has 1 amide bonds. The number of carbonyl (C=O) groups excluding carboxylic acids is 1. The summed E-state index contributed by atoms with van der Waals surface area (Å²) in [4.78, 5) is 14.9. The number of benzene rings is 1. The number of aromatic nitrogens is 2. The number of phenolic OH excluding ortho intramolecular Hbond substituents is 1. The molecule has 134 valence electrons.